The van der Waals surface area contributed by atoms with Gasteiger partial charge < -0.3 is 4.74 Å². The molecule has 4 rings (SSSR count). The Kier molecular flexibility index (Phi) is 7.51. The number of aromatic nitrogens is 2. The van der Waals surface area contributed by atoms with Crippen molar-refractivity contribution in [3.63, 3.8) is 0 Å². The summed E-state index contributed by atoms with van der Waals surface area (Å²) in [5, 5.41) is 6.91. The van der Waals surface area contributed by atoms with Gasteiger partial charge in [-0.3, -0.25) is 24.3 Å². The first-order chi connectivity index (χ1) is 16.5. The molecule has 1 N–H and O–H groups in total. The van der Waals surface area contributed by atoms with Crippen LogP contribution in [0.3, 0.4) is 0 Å². The van der Waals surface area contributed by atoms with E-state index in [0.29, 0.717) is 29.7 Å². The number of carbonyl (C=O) groups excluding carboxylic acids is 2. The van der Waals surface area contributed by atoms with Crippen molar-refractivity contribution in [2.75, 3.05) is 29.7 Å². The Hall–Kier alpha value is -3.76. The fourth-order valence-electron chi connectivity index (χ4n) is 3.22. The van der Waals surface area contributed by atoms with Gasteiger partial charge in [-0.1, -0.05) is 54.2 Å². The standard InChI is InChI=1S/C24H23N5O4S/c1-17-8-6-7-9-18(17)14-20-23(31)29(19-10-4-3-5-11-19)24(25-20)34-16-21(30)26-22-15-28(27-33-22)12-13-32-2/h3-11,14-15H,12-13,16H2,1-2H3/p+1/b20-14+. The van der Waals surface area contributed by atoms with Crippen LogP contribution in [0, 0.1) is 6.92 Å². The van der Waals surface area contributed by atoms with Gasteiger partial charge in [0, 0.05) is 7.11 Å². The molecule has 0 saturated heterocycles. The number of rotatable bonds is 8. The van der Waals surface area contributed by atoms with Crippen molar-refractivity contribution in [2.24, 2.45) is 4.99 Å². The van der Waals surface area contributed by atoms with Crippen molar-refractivity contribution >= 4 is 46.4 Å². The summed E-state index contributed by atoms with van der Waals surface area (Å²) >= 11 is 1.17. The monoisotopic (exact) mass is 478 g/mol. The van der Waals surface area contributed by atoms with Gasteiger partial charge in [0.1, 0.15) is 12.3 Å². The Morgan fingerprint density at radius 3 is 2.74 bits per heavy atom. The van der Waals surface area contributed by atoms with Gasteiger partial charge >= 0.3 is 5.88 Å². The quantitative estimate of drug-likeness (QED) is 0.395. The van der Waals surface area contributed by atoms with E-state index in [2.05, 4.69) is 15.6 Å². The molecular weight excluding hydrogens is 454 g/mol. The van der Waals surface area contributed by atoms with Gasteiger partial charge in [-0.2, -0.15) is 0 Å². The van der Waals surface area contributed by atoms with Crippen LogP contribution < -0.4 is 14.9 Å². The Balaban J connectivity index is 1.50. The summed E-state index contributed by atoms with van der Waals surface area (Å²) in [4.78, 5) is 31.8. The van der Waals surface area contributed by atoms with Crippen LogP contribution in [0.5, 0.6) is 0 Å². The number of hydrogen-bond donors (Lipinski definition) is 1. The molecule has 9 nitrogen and oxygen atoms in total. The highest BCUT2D eigenvalue weighted by molar-refractivity contribution is 8.14. The van der Waals surface area contributed by atoms with Gasteiger partial charge in [-0.15, -0.1) is 0 Å². The van der Waals surface area contributed by atoms with Gasteiger partial charge in [-0.05, 0) is 40.9 Å². The summed E-state index contributed by atoms with van der Waals surface area (Å²) in [5.74, 6) is -0.288. The molecule has 1 aromatic heterocycles. The number of aryl methyl sites for hydroxylation is 1. The fourth-order valence-corrected chi connectivity index (χ4v) is 4.03. The van der Waals surface area contributed by atoms with E-state index in [4.69, 9.17) is 9.26 Å². The van der Waals surface area contributed by atoms with Gasteiger partial charge in [0.15, 0.2) is 5.17 Å². The lowest BCUT2D eigenvalue weighted by Gasteiger charge is -2.17. The molecule has 0 radical (unpaired) electrons. The molecule has 2 amide bonds. The minimum absolute atomic E-state index is 0.0336. The number of benzene rings is 2. The zero-order valence-corrected chi connectivity index (χ0v) is 19.6. The third-order valence-electron chi connectivity index (χ3n) is 4.95. The lowest BCUT2D eigenvalue weighted by atomic mass is 10.1. The van der Waals surface area contributed by atoms with Crippen LogP contribution in [0.1, 0.15) is 11.1 Å². The maximum Gasteiger partial charge on any atom is 0.302 e. The number of nitrogens with zero attached hydrogens (tertiary/aromatic N) is 4. The second kappa shape index (κ2) is 10.9. The van der Waals surface area contributed by atoms with Crippen molar-refractivity contribution in [3.05, 3.63) is 77.6 Å². The van der Waals surface area contributed by atoms with Crippen molar-refractivity contribution in [1.29, 1.82) is 0 Å². The van der Waals surface area contributed by atoms with Gasteiger partial charge in [-0.25, -0.2) is 4.99 Å². The number of aliphatic imine (C=N–C) groups is 1. The van der Waals surface area contributed by atoms with E-state index in [-0.39, 0.29) is 23.5 Å². The first-order valence-electron chi connectivity index (χ1n) is 10.6. The number of methoxy groups -OCH3 is 1. The van der Waals surface area contributed by atoms with Gasteiger partial charge in [0.25, 0.3) is 12.1 Å². The maximum atomic E-state index is 13.2. The molecule has 0 aliphatic carbocycles. The molecule has 0 saturated carbocycles. The third-order valence-corrected chi connectivity index (χ3v) is 5.89. The van der Waals surface area contributed by atoms with E-state index >= 15 is 0 Å². The molecule has 2 heterocycles. The summed E-state index contributed by atoms with van der Waals surface area (Å²) in [6.07, 6.45) is 3.35. The molecule has 174 valence electrons. The lowest BCUT2D eigenvalue weighted by Crippen LogP contribution is -2.36. The average Bonchev–Trinajstić information content (AvgIpc) is 3.42. The first-order valence-corrected chi connectivity index (χ1v) is 11.6. The second-order valence-electron chi connectivity index (χ2n) is 7.42. The Morgan fingerprint density at radius 2 is 1.97 bits per heavy atom. The molecule has 1 aliphatic rings. The van der Waals surface area contributed by atoms with Crippen LogP contribution in [-0.4, -0.2) is 41.7 Å². The molecule has 0 fully saturated rings. The topological polar surface area (TPSA) is 101 Å². The number of amidine groups is 1. The van der Waals surface area contributed by atoms with Crippen LogP contribution in [0.4, 0.5) is 11.6 Å². The highest BCUT2D eigenvalue weighted by Crippen LogP contribution is 2.29. The Bertz CT molecular complexity index is 1240. The average molecular weight is 479 g/mol. The number of anilines is 2. The second-order valence-corrected chi connectivity index (χ2v) is 8.36. The molecule has 0 unspecified atom stereocenters. The molecule has 1 aliphatic heterocycles. The SMILES string of the molecule is COCC[n+]1cc(NC(=O)CSC2=N/C(=C/c3ccccc3C)C(=O)N2c2ccccc2)on1. The minimum atomic E-state index is -0.306. The van der Waals surface area contributed by atoms with E-state index in [0.717, 1.165) is 11.1 Å². The predicted molar refractivity (Wildman–Crippen MR) is 130 cm³/mol. The van der Waals surface area contributed by atoms with E-state index in [1.54, 1.807) is 19.4 Å². The number of thioether (sulfide) groups is 1. The summed E-state index contributed by atoms with van der Waals surface area (Å²) in [5.41, 5.74) is 2.95. The van der Waals surface area contributed by atoms with Crippen molar-refractivity contribution in [2.45, 2.75) is 13.5 Å². The highest BCUT2D eigenvalue weighted by Gasteiger charge is 2.32. The van der Waals surface area contributed by atoms with Gasteiger partial charge in [0.05, 0.1) is 11.4 Å². The smallest absolute Gasteiger partial charge is 0.302 e. The minimum Gasteiger partial charge on any atom is -0.378 e. The van der Waals surface area contributed by atoms with E-state index < -0.39 is 0 Å². The predicted octanol–water partition coefficient (Wildman–Crippen LogP) is 3.03. The molecule has 34 heavy (non-hydrogen) atoms. The molecule has 3 aromatic rings. The maximum absolute atomic E-state index is 13.2. The fraction of sp³-hybridized carbons (Fsp3) is 0.208. The van der Waals surface area contributed by atoms with Crippen LogP contribution in [-0.2, 0) is 20.9 Å². The molecule has 2 aromatic carbocycles. The summed E-state index contributed by atoms with van der Waals surface area (Å²) in [6, 6.07) is 17.0. The Labute approximate surface area is 201 Å². The van der Waals surface area contributed by atoms with Crippen LogP contribution in [0.15, 0.2) is 76.0 Å². The third kappa shape index (κ3) is 5.59. The number of ether oxygens (including phenoxy) is 1. The molecule has 0 atom stereocenters. The largest absolute Gasteiger partial charge is 0.378 e. The van der Waals surface area contributed by atoms with Crippen molar-refractivity contribution in [3.8, 4) is 0 Å². The van der Waals surface area contributed by atoms with Crippen LogP contribution in [0.25, 0.3) is 6.08 Å². The summed E-state index contributed by atoms with van der Waals surface area (Å²) in [6.45, 7) is 2.96. The highest BCUT2D eigenvalue weighted by atomic mass is 32.2. The number of amides is 2. The molecule has 0 spiro atoms. The van der Waals surface area contributed by atoms with Crippen LogP contribution in [0.2, 0.25) is 0 Å². The molecule has 10 heteroatoms. The summed E-state index contributed by atoms with van der Waals surface area (Å²) < 4.78 is 11.6. The van der Waals surface area contributed by atoms with E-state index in [1.165, 1.54) is 21.3 Å². The Morgan fingerprint density at radius 1 is 1.21 bits per heavy atom. The lowest BCUT2D eigenvalue weighted by molar-refractivity contribution is -0.763. The number of para-hydroxylation sites is 1. The number of nitrogens with one attached hydrogen (secondary N) is 1. The summed E-state index contributed by atoms with van der Waals surface area (Å²) in [7, 11) is 1.59. The molecular formula is C24H24N5O4S+. The number of carbonyl (C=O) groups is 2. The van der Waals surface area contributed by atoms with Crippen molar-refractivity contribution in [1.82, 2.24) is 5.27 Å². The van der Waals surface area contributed by atoms with Gasteiger partial charge in [0.2, 0.25) is 17.7 Å². The zero-order valence-electron chi connectivity index (χ0n) is 18.8. The molecule has 0 bridgehead atoms. The zero-order chi connectivity index (χ0) is 23.9. The van der Waals surface area contributed by atoms with Crippen molar-refractivity contribution < 1.29 is 23.5 Å². The van der Waals surface area contributed by atoms with E-state index in [9.17, 15) is 9.59 Å². The first kappa shape index (κ1) is 23.4. The van der Waals surface area contributed by atoms with E-state index in [1.807, 2.05) is 61.5 Å². The normalized spacial score (nSPS) is 14.5. The number of hydrogen-bond acceptors (Lipinski definition) is 7. The van der Waals surface area contributed by atoms with Crippen LogP contribution >= 0.6 is 11.8 Å².